The molecular formula is C23H33NO5S2Si. The van der Waals surface area contributed by atoms with Gasteiger partial charge in [0.15, 0.2) is 8.32 Å². The summed E-state index contributed by atoms with van der Waals surface area (Å²) in [5, 5.41) is -0.369. The Morgan fingerprint density at radius 3 is 2.50 bits per heavy atom. The molecule has 9 heteroatoms. The van der Waals surface area contributed by atoms with Gasteiger partial charge in [0.25, 0.3) is 0 Å². The van der Waals surface area contributed by atoms with Crippen LogP contribution in [-0.2, 0) is 18.8 Å². The van der Waals surface area contributed by atoms with Crippen LogP contribution in [-0.4, -0.2) is 54.1 Å². The van der Waals surface area contributed by atoms with E-state index < -0.39 is 20.2 Å². The standard InChI is InChI=1S/C23H33NO5S2Si/c1-8-14-27-18(25)15-24-20(26)19(16(2)29-32(6,7)23(3,4)5)21(24)31-22(30)28-17-12-10-9-11-13-17/h8-13,16,19,21H,1,14-15H2,2-7H3/t16-,19+,21-/m1/s1. The van der Waals surface area contributed by atoms with Crippen molar-refractivity contribution in [1.29, 1.82) is 0 Å². The third kappa shape index (κ3) is 6.66. The minimum Gasteiger partial charge on any atom is -0.460 e. The van der Waals surface area contributed by atoms with Gasteiger partial charge in [-0.3, -0.25) is 9.59 Å². The van der Waals surface area contributed by atoms with E-state index in [2.05, 4.69) is 40.4 Å². The summed E-state index contributed by atoms with van der Waals surface area (Å²) in [4.78, 5) is 26.7. The van der Waals surface area contributed by atoms with Gasteiger partial charge in [-0.2, -0.15) is 0 Å². The number of benzene rings is 1. The first-order chi connectivity index (χ1) is 14.9. The van der Waals surface area contributed by atoms with Gasteiger partial charge in [-0.1, -0.05) is 63.4 Å². The van der Waals surface area contributed by atoms with Crippen LogP contribution in [0.25, 0.3) is 0 Å². The molecule has 0 bridgehead atoms. The van der Waals surface area contributed by atoms with Crippen molar-refractivity contribution in [2.24, 2.45) is 5.92 Å². The Morgan fingerprint density at radius 2 is 1.94 bits per heavy atom. The quantitative estimate of drug-likeness (QED) is 0.157. The van der Waals surface area contributed by atoms with Crippen molar-refractivity contribution in [2.45, 2.75) is 57.3 Å². The number of nitrogens with zero attached hydrogens (tertiary/aromatic N) is 1. The molecule has 1 aliphatic heterocycles. The van der Waals surface area contributed by atoms with E-state index in [-0.39, 0.29) is 40.0 Å². The van der Waals surface area contributed by atoms with Crippen LogP contribution in [0.5, 0.6) is 5.75 Å². The zero-order valence-corrected chi connectivity index (χ0v) is 22.3. The number of hydrogen-bond donors (Lipinski definition) is 0. The number of para-hydroxylation sites is 1. The second kappa shape index (κ2) is 11.0. The van der Waals surface area contributed by atoms with Gasteiger partial charge in [0.2, 0.25) is 10.3 Å². The fourth-order valence-corrected chi connectivity index (χ4v) is 6.00. The smallest absolute Gasteiger partial charge is 0.325 e. The van der Waals surface area contributed by atoms with E-state index in [0.29, 0.717) is 5.75 Å². The van der Waals surface area contributed by atoms with Crippen molar-refractivity contribution in [1.82, 2.24) is 4.90 Å². The van der Waals surface area contributed by atoms with Crippen LogP contribution in [0, 0.1) is 5.92 Å². The topological polar surface area (TPSA) is 65.1 Å². The van der Waals surface area contributed by atoms with Crippen LogP contribution in [0.4, 0.5) is 0 Å². The van der Waals surface area contributed by atoms with Crippen LogP contribution in [0.15, 0.2) is 43.0 Å². The van der Waals surface area contributed by atoms with Crippen molar-refractivity contribution < 1.29 is 23.5 Å². The van der Waals surface area contributed by atoms with E-state index in [1.807, 2.05) is 37.3 Å². The molecule has 0 radical (unpaired) electrons. The first-order valence-electron chi connectivity index (χ1n) is 10.6. The van der Waals surface area contributed by atoms with Gasteiger partial charge in [-0.25, -0.2) is 0 Å². The number of carbonyl (C=O) groups excluding carboxylic acids is 2. The van der Waals surface area contributed by atoms with Crippen molar-refractivity contribution in [3.8, 4) is 5.75 Å². The molecule has 1 heterocycles. The number of carbonyl (C=O) groups is 2. The Labute approximate surface area is 201 Å². The molecule has 6 nitrogen and oxygen atoms in total. The predicted octanol–water partition coefficient (Wildman–Crippen LogP) is 5.01. The Bertz CT molecular complexity index is 841. The van der Waals surface area contributed by atoms with Gasteiger partial charge in [-0.15, -0.1) is 0 Å². The molecule has 1 amide bonds. The zero-order chi connectivity index (χ0) is 24.1. The molecule has 3 atom stereocenters. The minimum atomic E-state index is -2.09. The van der Waals surface area contributed by atoms with Gasteiger partial charge in [-0.05, 0) is 49.4 Å². The predicted molar refractivity (Wildman–Crippen MR) is 135 cm³/mol. The second-order valence-electron chi connectivity index (χ2n) is 9.22. The third-order valence-corrected chi connectivity index (χ3v) is 11.8. The number of rotatable bonds is 9. The highest BCUT2D eigenvalue weighted by molar-refractivity contribution is 8.23. The lowest BCUT2D eigenvalue weighted by Crippen LogP contribution is -2.65. The number of amides is 1. The number of esters is 1. The van der Waals surface area contributed by atoms with Crippen LogP contribution in [0.1, 0.15) is 27.7 Å². The Hall–Kier alpha value is -1.68. The van der Waals surface area contributed by atoms with Crippen molar-refractivity contribution >= 4 is 48.6 Å². The van der Waals surface area contributed by atoms with E-state index >= 15 is 0 Å². The Balaban J connectivity index is 2.15. The summed E-state index contributed by atoms with van der Waals surface area (Å²) in [5.41, 5.74) is 0. The lowest BCUT2D eigenvalue weighted by atomic mass is 9.93. The zero-order valence-electron chi connectivity index (χ0n) is 19.6. The summed E-state index contributed by atoms with van der Waals surface area (Å²) in [7, 11) is -2.09. The van der Waals surface area contributed by atoms with Gasteiger partial charge in [0.05, 0.1) is 12.0 Å². The van der Waals surface area contributed by atoms with E-state index in [1.165, 1.54) is 22.7 Å². The summed E-state index contributed by atoms with van der Waals surface area (Å²) in [6.45, 7) is 16.2. The molecule has 0 aliphatic carbocycles. The molecule has 0 unspecified atom stereocenters. The largest absolute Gasteiger partial charge is 0.460 e. The van der Waals surface area contributed by atoms with E-state index in [0.717, 1.165) is 0 Å². The number of hydrogen-bond acceptors (Lipinski definition) is 7. The van der Waals surface area contributed by atoms with Crippen molar-refractivity contribution in [2.75, 3.05) is 13.2 Å². The highest BCUT2D eigenvalue weighted by Gasteiger charge is 2.54. The maximum atomic E-state index is 13.0. The number of thiocarbonyl (C=S) groups is 1. The van der Waals surface area contributed by atoms with Crippen molar-refractivity contribution in [3.05, 3.63) is 43.0 Å². The normalized spacial score (nSPS) is 19.7. The average molecular weight is 496 g/mol. The van der Waals surface area contributed by atoms with Crippen molar-refractivity contribution in [3.63, 3.8) is 0 Å². The Kier molecular flexibility index (Phi) is 9.10. The molecule has 1 fully saturated rings. The number of thioether (sulfide) groups is 1. The molecule has 1 aromatic rings. The second-order valence-corrected chi connectivity index (χ2v) is 15.7. The molecule has 176 valence electrons. The van der Waals surface area contributed by atoms with Crippen LogP contribution < -0.4 is 4.74 Å². The molecule has 0 aromatic heterocycles. The van der Waals surface area contributed by atoms with Crippen LogP contribution >= 0.6 is 24.0 Å². The fourth-order valence-electron chi connectivity index (χ4n) is 3.05. The summed E-state index contributed by atoms with van der Waals surface area (Å²) in [5.74, 6) is -0.449. The van der Waals surface area contributed by atoms with Gasteiger partial charge >= 0.3 is 5.97 Å². The van der Waals surface area contributed by atoms with Crippen LogP contribution in [0.2, 0.25) is 18.1 Å². The Morgan fingerprint density at radius 1 is 1.31 bits per heavy atom. The van der Waals surface area contributed by atoms with E-state index in [1.54, 1.807) is 0 Å². The summed E-state index contributed by atoms with van der Waals surface area (Å²) < 4.78 is 17.6. The van der Waals surface area contributed by atoms with Gasteiger partial charge in [0, 0.05) is 0 Å². The molecule has 1 aliphatic rings. The maximum absolute atomic E-state index is 13.0. The number of ether oxygens (including phenoxy) is 2. The van der Waals surface area contributed by atoms with Crippen LogP contribution in [0.3, 0.4) is 0 Å². The molecule has 2 rings (SSSR count). The van der Waals surface area contributed by atoms with Gasteiger partial charge < -0.3 is 18.8 Å². The lowest BCUT2D eigenvalue weighted by Gasteiger charge is -2.50. The highest BCUT2D eigenvalue weighted by Crippen LogP contribution is 2.43. The maximum Gasteiger partial charge on any atom is 0.325 e. The summed E-state index contributed by atoms with van der Waals surface area (Å²) >= 11 is 6.69. The first-order valence-corrected chi connectivity index (χ1v) is 14.8. The average Bonchev–Trinajstić information content (AvgIpc) is 2.69. The molecular weight excluding hydrogens is 462 g/mol. The molecule has 0 saturated carbocycles. The summed E-state index contributed by atoms with van der Waals surface area (Å²) in [6.07, 6.45) is 1.17. The first kappa shape index (κ1) is 26.6. The molecule has 0 N–H and O–H groups in total. The molecule has 0 spiro atoms. The number of likely N-dealkylation sites (tertiary alicyclic amines) is 1. The minimum absolute atomic E-state index is 0.0105. The SMILES string of the molecule is C=CCOC(=O)CN1C(=O)[C@H]([C@@H](C)O[Si](C)(C)C(C)(C)C)[C@H]1SC(=S)Oc1ccccc1. The lowest BCUT2D eigenvalue weighted by molar-refractivity contribution is -0.163. The summed E-state index contributed by atoms with van der Waals surface area (Å²) in [6, 6.07) is 9.22. The number of β-lactam (4-membered cyclic amide) rings is 1. The molecule has 1 saturated heterocycles. The molecule has 1 aromatic carbocycles. The van der Waals surface area contributed by atoms with E-state index in [9.17, 15) is 9.59 Å². The molecule has 32 heavy (non-hydrogen) atoms. The van der Waals surface area contributed by atoms with E-state index in [4.69, 9.17) is 26.1 Å². The fraction of sp³-hybridized carbons (Fsp3) is 0.522. The third-order valence-electron chi connectivity index (χ3n) is 5.80. The van der Waals surface area contributed by atoms with Gasteiger partial charge in [0.1, 0.15) is 24.3 Å². The monoisotopic (exact) mass is 495 g/mol. The highest BCUT2D eigenvalue weighted by atomic mass is 32.2.